The van der Waals surface area contributed by atoms with Crippen LogP contribution in [0.2, 0.25) is 0 Å². The summed E-state index contributed by atoms with van der Waals surface area (Å²) in [4.78, 5) is 56.6. The summed E-state index contributed by atoms with van der Waals surface area (Å²) >= 11 is -2.38. The molecule has 2 heterocycles. The minimum Gasteiger partial charge on any atom is -0.450 e. The third-order valence-electron chi connectivity index (χ3n) is 10.6. The van der Waals surface area contributed by atoms with Crippen LogP contribution in [-0.4, -0.2) is 121 Å². The van der Waals surface area contributed by atoms with Crippen molar-refractivity contribution >= 4 is 46.3 Å². The van der Waals surface area contributed by atoms with Crippen molar-refractivity contribution in [1.82, 2.24) is 24.9 Å². The van der Waals surface area contributed by atoms with E-state index in [0.717, 1.165) is 88.6 Å². The maximum absolute atomic E-state index is 12.5. The highest BCUT2D eigenvalue weighted by atomic mass is 32.2. The van der Waals surface area contributed by atoms with Gasteiger partial charge in [-0.1, -0.05) is 60.9 Å². The Morgan fingerprint density at radius 2 is 1.03 bits per heavy atom. The average Bonchev–Trinajstić information content (AvgIpc) is 3.29. The molecule has 2 saturated heterocycles. The van der Waals surface area contributed by atoms with E-state index in [0.29, 0.717) is 41.4 Å². The number of benzene rings is 4. The van der Waals surface area contributed by atoms with Crippen LogP contribution in [0, 0.1) is 0 Å². The molecule has 2 fully saturated rings. The predicted molar refractivity (Wildman–Crippen MR) is 252 cm³/mol. The summed E-state index contributed by atoms with van der Waals surface area (Å²) in [5.41, 5.74) is 6.11. The molecule has 4 aromatic rings. The first-order valence-corrected chi connectivity index (χ1v) is 23.1. The van der Waals surface area contributed by atoms with Gasteiger partial charge in [0.2, 0.25) is 17.0 Å². The van der Waals surface area contributed by atoms with Crippen LogP contribution >= 0.6 is 0 Å². The first kappa shape index (κ1) is 50.2. The monoisotopic (exact) mass is 884 g/mol. The van der Waals surface area contributed by atoms with Gasteiger partial charge in [-0.05, 0) is 111 Å². The summed E-state index contributed by atoms with van der Waals surface area (Å²) in [6.07, 6.45) is 3.16. The fourth-order valence-electron chi connectivity index (χ4n) is 6.94. The summed E-state index contributed by atoms with van der Waals surface area (Å²) in [5, 5.41) is 8.75. The van der Waals surface area contributed by atoms with E-state index >= 15 is 0 Å². The molecule has 0 bridgehead atoms. The standard InChI is InChI=1S/C24H31N3O3.C20H23N3O4S.C4H11N/c1-3-5-19-8-12-22(13-9-19)25-23(28)21-10-6-20(7-11-21)18-26-14-16-27(17-15-26)24(29)30-4-2;1-15(24)23-12-10-22(11-13-23)14-16-2-4-17(5-3-16)20(25)21-18-6-8-19(9-7-18)28(26)27;1-3-4-5-2/h6-13H,3-5,14-18H2,1-2H3,(H,25,28);2-9H,10-14H2,1H3,(H,21,25)(H,26,27);5H,3-4H2,1-2H3/p+1. The highest BCUT2D eigenvalue weighted by Crippen LogP contribution is 2.17. The Balaban J connectivity index is 0.000000250. The number of thiol groups is 1. The van der Waals surface area contributed by atoms with Crippen molar-refractivity contribution in [2.24, 2.45) is 0 Å². The molecule has 0 saturated carbocycles. The summed E-state index contributed by atoms with van der Waals surface area (Å²) in [5.74, 6) is -0.217. The average molecular weight is 885 g/mol. The van der Waals surface area contributed by atoms with Crippen molar-refractivity contribution in [3.05, 3.63) is 125 Å². The van der Waals surface area contributed by atoms with Gasteiger partial charge in [0.15, 0.2) is 4.90 Å². The Kier molecular flexibility index (Phi) is 21.4. The lowest BCUT2D eigenvalue weighted by atomic mass is 10.1. The lowest BCUT2D eigenvalue weighted by molar-refractivity contribution is -0.130. The van der Waals surface area contributed by atoms with Crippen LogP contribution in [0.5, 0.6) is 0 Å². The molecule has 4 N–H and O–H groups in total. The second-order valence-electron chi connectivity index (χ2n) is 15.4. The molecule has 0 radical (unpaired) electrons. The van der Waals surface area contributed by atoms with Crippen LogP contribution in [0.1, 0.15) is 77.9 Å². The lowest BCUT2D eigenvalue weighted by Gasteiger charge is -2.34. The van der Waals surface area contributed by atoms with Crippen molar-refractivity contribution < 1.29 is 32.7 Å². The van der Waals surface area contributed by atoms with Gasteiger partial charge in [-0.3, -0.25) is 24.2 Å². The normalized spacial score (nSPS) is 14.6. The van der Waals surface area contributed by atoms with Gasteiger partial charge < -0.3 is 30.5 Å². The smallest absolute Gasteiger partial charge is 0.409 e. The number of nitrogens with one attached hydrogen (secondary N) is 3. The van der Waals surface area contributed by atoms with E-state index in [-0.39, 0.29) is 23.8 Å². The molecule has 2 aliphatic heterocycles. The number of rotatable bonds is 14. The predicted octanol–water partition coefficient (Wildman–Crippen LogP) is 6.91. The molecule has 0 spiro atoms. The summed E-state index contributed by atoms with van der Waals surface area (Å²) in [7, 11) is 1.96. The molecule has 63 heavy (non-hydrogen) atoms. The van der Waals surface area contributed by atoms with E-state index in [4.69, 9.17) is 9.29 Å². The molecule has 15 heteroatoms. The van der Waals surface area contributed by atoms with Gasteiger partial charge in [-0.25, -0.2) is 4.79 Å². The minimum atomic E-state index is -2.38. The Morgan fingerprint density at radius 3 is 1.40 bits per heavy atom. The van der Waals surface area contributed by atoms with E-state index < -0.39 is 11.1 Å². The molecule has 0 aliphatic carbocycles. The van der Waals surface area contributed by atoms with Crippen molar-refractivity contribution in [2.45, 2.75) is 64.9 Å². The minimum absolute atomic E-state index is 0.104. The number of anilines is 2. The van der Waals surface area contributed by atoms with Gasteiger partial charge in [0.05, 0.1) is 6.61 Å². The number of carbonyl (C=O) groups excluding carboxylic acids is 4. The Morgan fingerprint density at radius 1 is 0.603 bits per heavy atom. The highest BCUT2D eigenvalue weighted by Gasteiger charge is 2.22. The van der Waals surface area contributed by atoms with E-state index in [1.165, 1.54) is 24.1 Å². The van der Waals surface area contributed by atoms with Crippen LogP contribution < -0.4 is 16.0 Å². The Labute approximate surface area is 375 Å². The fourth-order valence-corrected chi connectivity index (χ4v) is 7.34. The van der Waals surface area contributed by atoms with Gasteiger partial charge >= 0.3 is 6.09 Å². The maximum Gasteiger partial charge on any atom is 0.409 e. The van der Waals surface area contributed by atoms with Crippen molar-refractivity contribution in [3.8, 4) is 0 Å². The number of hydrogen-bond acceptors (Lipinski definition) is 9. The molecule has 0 aromatic heterocycles. The first-order valence-electron chi connectivity index (χ1n) is 21.8. The number of amides is 4. The molecule has 340 valence electrons. The van der Waals surface area contributed by atoms with Crippen LogP contribution in [0.15, 0.2) is 102 Å². The van der Waals surface area contributed by atoms with Crippen molar-refractivity contribution in [3.63, 3.8) is 0 Å². The zero-order valence-electron chi connectivity index (χ0n) is 37.5. The number of piperazine rings is 2. The topological polar surface area (TPSA) is 164 Å². The van der Waals surface area contributed by atoms with E-state index in [2.05, 4.69) is 51.7 Å². The number of aryl methyl sites for hydroxylation is 1. The van der Waals surface area contributed by atoms with Gasteiger partial charge in [-0.15, -0.1) is 0 Å². The first-order chi connectivity index (χ1) is 30.4. The van der Waals surface area contributed by atoms with Crippen molar-refractivity contribution in [2.75, 3.05) is 83.2 Å². The third-order valence-corrected chi connectivity index (χ3v) is 11.3. The molecule has 1 atom stereocenters. The SMILES string of the molecule is CC(=O)N1CCN(Cc2ccc(C(=O)Nc3ccc([SH+](=O)O)cc3)cc2)CC1.CCCNC.CCCc1ccc(NC(=O)c2ccc(CN3CCN(C(=O)OCC)CC3)cc2)cc1. The largest absolute Gasteiger partial charge is 0.450 e. The quantitative estimate of drug-likeness (QED) is 0.0773. The van der Waals surface area contributed by atoms with Gasteiger partial charge in [0, 0.05) is 94.9 Å². The highest BCUT2D eigenvalue weighted by molar-refractivity contribution is 7.79. The Hall–Kier alpha value is -5.45. The summed E-state index contributed by atoms with van der Waals surface area (Å²) in [6.45, 7) is 17.0. The third kappa shape index (κ3) is 17.3. The van der Waals surface area contributed by atoms with E-state index in [1.807, 2.05) is 67.4 Å². The molecule has 4 amide bonds. The Bertz CT molecular complexity index is 2030. The van der Waals surface area contributed by atoms with Crippen LogP contribution in [0.4, 0.5) is 16.2 Å². The molecule has 4 aromatic carbocycles. The fraction of sp³-hybridized carbons (Fsp3) is 0.417. The van der Waals surface area contributed by atoms with Gasteiger partial charge in [-0.2, -0.15) is 4.55 Å². The number of nitrogens with zero attached hydrogens (tertiary/aromatic N) is 4. The molecular weight excluding hydrogens is 819 g/mol. The number of ether oxygens (including phenoxy) is 1. The van der Waals surface area contributed by atoms with Crippen LogP contribution in [-0.2, 0) is 44.3 Å². The molecule has 2 aliphatic rings. The molecule has 14 nitrogen and oxygen atoms in total. The van der Waals surface area contributed by atoms with E-state index in [1.54, 1.807) is 36.1 Å². The molecule has 6 rings (SSSR count). The zero-order chi connectivity index (χ0) is 45.6. The molecular formula is C48H66N7O7S+. The van der Waals surface area contributed by atoms with Crippen molar-refractivity contribution in [1.29, 1.82) is 0 Å². The van der Waals surface area contributed by atoms with Gasteiger partial charge in [0.1, 0.15) is 0 Å². The lowest BCUT2D eigenvalue weighted by Crippen LogP contribution is -2.48. The van der Waals surface area contributed by atoms with Gasteiger partial charge in [0.25, 0.3) is 11.8 Å². The number of carbonyl (C=O) groups is 4. The maximum atomic E-state index is 12.5. The second kappa shape index (κ2) is 26.9. The second-order valence-corrected chi connectivity index (χ2v) is 16.5. The molecule has 1 unspecified atom stereocenters. The summed E-state index contributed by atoms with van der Waals surface area (Å²) in [6, 6.07) is 29.4. The van der Waals surface area contributed by atoms with Crippen LogP contribution in [0.25, 0.3) is 0 Å². The van der Waals surface area contributed by atoms with E-state index in [9.17, 15) is 23.4 Å². The van der Waals surface area contributed by atoms with Crippen LogP contribution in [0.3, 0.4) is 0 Å². The zero-order valence-corrected chi connectivity index (χ0v) is 38.4. The number of hydrogen-bond donors (Lipinski definition) is 4. The summed E-state index contributed by atoms with van der Waals surface area (Å²) < 4.78 is 25.1.